The van der Waals surface area contributed by atoms with Crippen LogP contribution in [0.3, 0.4) is 0 Å². The number of rotatable bonds is 1. The lowest BCUT2D eigenvalue weighted by Gasteiger charge is -2.39. The molecule has 8 nitrogen and oxygen atoms in total. The normalized spacial score (nSPS) is 30.1. The quantitative estimate of drug-likeness (QED) is 0.625. The number of carboxylic acids is 1. The number of likely N-dealkylation sites (tertiary alicyclic amines) is 1. The van der Waals surface area contributed by atoms with Crippen LogP contribution in [-0.2, 0) is 14.6 Å². The third-order valence-electron chi connectivity index (χ3n) is 3.72. The van der Waals surface area contributed by atoms with Gasteiger partial charge in [-0.1, -0.05) is 0 Å². The van der Waals surface area contributed by atoms with Crippen LogP contribution in [0.2, 0.25) is 0 Å². The first-order valence-corrected chi connectivity index (χ1v) is 8.29. The Morgan fingerprint density at radius 2 is 1.70 bits per heavy atom. The van der Waals surface area contributed by atoms with Gasteiger partial charge in [0.25, 0.3) is 0 Å². The molecule has 0 aromatic heterocycles. The molecule has 9 heteroatoms. The average molecular weight is 306 g/mol. The monoisotopic (exact) mass is 306 g/mol. The number of hydrogen-bond donors (Lipinski definition) is 2. The number of aliphatic hydroxyl groups is 1. The zero-order valence-electron chi connectivity index (χ0n) is 10.9. The molecule has 2 heterocycles. The summed E-state index contributed by atoms with van der Waals surface area (Å²) in [6.45, 7) is 0.347. The minimum atomic E-state index is -3.09. The number of sulfone groups is 1. The number of piperidine rings is 1. The highest BCUT2D eigenvalue weighted by atomic mass is 32.2. The Kier molecular flexibility index (Phi) is 4.19. The first-order valence-electron chi connectivity index (χ1n) is 6.47. The molecule has 0 spiro atoms. The van der Waals surface area contributed by atoms with Gasteiger partial charge in [-0.2, -0.15) is 0 Å². The Morgan fingerprint density at radius 1 is 1.10 bits per heavy atom. The van der Waals surface area contributed by atoms with Crippen molar-refractivity contribution in [2.75, 3.05) is 31.1 Å². The Hall–Kier alpha value is -1.35. The van der Waals surface area contributed by atoms with Gasteiger partial charge in [-0.05, 0) is 6.42 Å². The number of carboxylic acid groups (broad SMARTS) is 1. The van der Waals surface area contributed by atoms with Gasteiger partial charge in [-0.25, -0.2) is 18.0 Å². The van der Waals surface area contributed by atoms with E-state index in [-0.39, 0.29) is 37.6 Å². The summed E-state index contributed by atoms with van der Waals surface area (Å²) in [6, 6.07) is -1.51. The third-order valence-corrected chi connectivity index (χ3v) is 5.33. The molecule has 2 N–H and O–H groups in total. The maximum Gasteiger partial charge on any atom is 0.326 e. The fraction of sp³-hybridized carbons (Fsp3) is 0.818. The van der Waals surface area contributed by atoms with Crippen LogP contribution < -0.4 is 0 Å². The van der Waals surface area contributed by atoms with Crippen LogP contribution in [0.4, 0.5) is 4.79 Å². The molecule has 0 aromatic rings. The van der Waals surface area contributed by atoms with Crippen molar-refractivity contribution < 1.29 is 28.2 Å². The summed E-state index contributed by atoms with van der Waals surface area (Å²) in [4.78, 5) is 26.1. The van der Waals surface area contributed by atoms with Gasteiger partial charge >= 0.3 is 12.0 Å². The highest BCUT2D eigenvalue weighted by Gasteiger charge is 2.38. The Bertz CT molecular complexity index is 491. The number of amides is 2. The third kappa shape index (κ3) is 3.21. The van der Waals surface area contributed by atoms with Gasteiger partial charge in [-0.3, -0.25) is 0 Å². The molecule has 0 unspecified atom stereocenters. The fourth-order valence-electron chi connectivity index (χ4n) is 2.50. The standard InChI is InChI=1S/C11H18N2O6S/c14-8-1-2-13(9(7-8)10(15)16)11(17)12-3-5-20(18,19)6-4-12/h8-9,14H,1-7H2,(H,15,16)/t8-,9-/m0/s1. The molecular weight excluding hydrogens is 288 g/mol. The molecule has 0 radical (unpaired) electrons. The fourth-order valence-corrected chi connectivity index (χ4v) is 3.70. The van der Waals surface area contributed by atoms with Crippen molar-refractivity contribution in [1.82, 2.24) is 9.80 Å². The van der Waals surface area contributed by atoms with Crippen LogP contribution >= 0.6 is 0 Å². The van der Waals surface area contributed by atoms with Crippen molar-refractivity contribution >= 4 is 21.8 Å². The molecule has 2 amide bonds. The van der Waals surface area contributed by atoms with Crippen molar-refractivity contribution in [2.24, 2.45) is 0 Å². The van der Waals surface area contributed by atoms with Gasteiger partial charge in [0.05, 0.1) is 17.6 Å². The van der Waals surface area contributed by atoms with Crippen LogP contribution in [0.25, 0.3) is 0 Å². The van der Waals surface area contributed by atoms with Crippen LogP contribution in [0.1, 0.15) is 12.8 Å². The van der Waals surface area contributed by atoms with Crippen LogP contribution in [0.15, 0.2) is 0 Å². The van der Waals surface area contributed by atoms with Gasteiger partial charge in [-0.15, -0.1) is 0 Å². The molecular formula is C11H18N2O6S. The highest BCUT2D eigenvalue weighted by Crippen LogP contribution is 2.20. The van der Waals surface area contributed by atoms with Crippen molar-refractivity contribution in [3.63, 3.8) is 0 Å². The summed E-state index contributed by atoms with van der Waals surface area (Å²) in [7, 11) is -3.09. The molecule has 2 saturated heterocycles. The minimum Gasteiger partial charge on any atom is -0.480 e. The molecule has 0 saturated carbocycles. The van der Waals surface area contributed by atoms with Crippen molar-refractivity contribution in [3.05, 3.63) is 0 Å². The largest absolute Gasteiger partial charge is 0.480 e. The summed E-state index contributed by atoms with van der Waals surface area (Å²) in [6.07, 6.45) is -0.378. The summed E-state index contributed by atoms with van der Waals surface area (Å²) in [5, 5.41) is 18.7. The molecule has 2 aliphatic rings. The number of carbonyl (C=O) groups is 2. The second-order valence-electron chi connectivity index (χ2n) is 5.15. The summed E-state index contributed by atoms with van der Waals surface area (Å²) in [5.41, 5.74) is 0. The van der Waals surface area contributed by atoms with E-state index in [4.69, 9.17) is 5.11 Å². The molecule has 0 aliphatic carbocycles. The number of hydrogen-bond acceptors (Lipinski definition) is 5. The van der Waals surface area contributed by atoms with E-state index in [2.05, 4.69) is 0 Å². The lowest BCUT2D eigenvalue weighted by Crippen LogP contribution is -2.57. The predicted octanol–water partition coefficient (Wildman–Crippen LogP) is -1.25. The summed E-state index contributed by atoms with van der Waals surface area (Å²) >= 11 is 0. The Balaban J connectivity index is 2.06. The number of aliphatic carboxylic acids is 1. The molecule has 2 rings (SSSR count). The molecule has 2 atom stereocenters. The van der Waals surface area contributed by atoms with Gasteiger partial charge in [0.2, 0.25) is 0 Å². The molecule has 114 valence electrons. The maximum absolute atomic E-state index is 12.3. The van der Waals surface area contributed by atoms with E-state index < -0.39 is 34.0 Å². The van der Waals surface area contributed by atoms with Crippen LogP contribution in [-0.4, -0.2) is 83.7 Å². The highest BCUT2D eigenvalue weighted by molar-refractivity contribution is 7.91. The van der Waals surface area contributed by atoms with Gasteiger partial charge in [0, 0.05) is 26.1 Å². The summed E-state index contributed by atoms with van der Waals surface area (Å²) in [5.74, 6) is -1.33. The van der Waals surface area contributed by atoms with E-state index in [0.29, 0.717) is 6.42 Å². The van der Waals surface area contributed by atoms with E-state index in [0.717, 1.165) is 0 Å². The van der Waals surface area contributed by atoms with Crippen LogP contribution in [0, 0.1) is 0 Å². The zero-order valence-corrected chi connectivity index (χ0v) is 11.8. The predicted molar refractivity (Wildman–Crippen MR) is 69.0 cm³/mol. The summed E-state index contributed by atoms with van der Waals surface area (Å²) < 4.78 is 22.7. The van der Waals surface area contributed by atoms with Gasteiger partial charge in [0.1, 0.15) is 6.04 Å². The molecule has 0 bridgehead atoms. The van der Waals surface area contributed by atoms with Crippen molar-refractivity contribution in [3.8, 4) is 0 Å². The second-order valence-corrected chi connectivity index (χ2v) is 7.45. The Labute approximate surface area is 116 Å². The first-order chi connectivity index (χ1) is 9.30. The molecule has 2 fully saturated rings. The average Bonchev–Trinajstić information content (AvgIpc) is 2.37. The molecule has 2 aliphatic heterocycles. The Morgan fingerprint density at radius 3 is 2.25 bits per heavy atom. The van der Waals surface area contributed by atoms with Gasteiger partial charge < -0.3 is 20.0 Å². The number of urea groups is 1. The SMILES string of the molecule is O=C(O)[C@@H]1C[C@@H](O)CCN1C(=O)N1CCS(=O)(=O)CC1. The van der Waals surface area contributed by atoms with E-state index in [1.54, 1.807) is 0 Å². The van der Waals surface area contributed by atoms with E-state index in [1.807, 2.05) is 0 Å². The lowest BCUT2D eigenvalue weighted by atomic mass is 10.00. The lowest BCUT2D eigenvalue weighted by molar-refractivity contribution is -0.145. The number of aliphatic hydroxyl groups excluding tert-OH is 1. The van der Waals surface area contributed by atoms with E-state index in [9.17, 15) is 23.1 Å². The van der Waals surface area contributed by atoms with Crippen LogP contribution in [0.5, 0.6) is 0 Å². The maximum atomic E-state index is 12.3. The first kappa shape index (κ1) is 15.0. The minimum absolute atomic E-state index is 0.00715. The number of carbonyl (C=O) groups excluding carboxylic acids is 1. The smallest absolute Gasteiger partial charge is 0.326 e. The molecule has 0 aromatic carbocycles. The number of nitrogens with zero attached hydrogens (tertiary/aromatic N) is 2. The van der Waals surface area contributed by atoms with E-state index >= 15 is 0 Å². The zero-order chi connectivity index (χ0) is 14.9. The second kappa shape index (κ2) is 5.57. The molecule has 20 heavy (non-hydrogen) atoms. The van der Waals surface area contributed by atoms with Crippen molar-refractivity contribution in [1.29, 1.82) is 0 Å². The topological polar surface area (TPSA) is 115 Å². The van der Waals surface area contributed by atoms with E-state index in [1.165, 1.54) is 9.80 Å². The van der Waals surface area contributed by atoms with Gasteiger partial charge in [0.15, 0.2) is 9.84 Å². The van der Waals surface area contributed by atoms with Crippen molar-refractivity contribution in [2.45, 2.75) is 25.0 Å².